The van der Waals surface area contributed by atoms with Crippen molar-refractivity contribution in [3.63, 3.8) is 0 Å². The van der Waals surface area contributed by atoms with E-state index in [1.165, 1.54) is 9.13 Å². The number of hydrogen-bond donors (Lipinski definition) is 0. The van der Waals surface area contributed by atoms with E-state index in [1.807, 2.05) is 132 Å². The van der Waals surface area contributed by atoms with Gasteiger partial charge in [-0.05, 0) is 213 Å². The third-order valence-electron chi connectivity index (χ3n) is 12.8. The van der Waals surface area contributed by atoms with Crippen LogP contribution in [-0.4, -0.2) is 68.9 Å². The average Bonchev–Trinajstić information content (AvgIpc) is 3.99. The Kier molecular flexibility index (Phi) is 17.2. The van der Waals surface area contributed by atoms with E-state index in [0.29, 0.717) is 61.7 Å². The van der Waals surface area contributed by atoms with E-state index in [1.54, 1.807) is 0 Å². The van der Waals surface area contributed by atoms with E-state index in [-0.39, 0.29) is 11.6 Å². The van der Waals surface area contributed by atoms with Crippen LogP contribution in [0, 0.1) is 41.5 Å². The lowest BCUT2D eigenvalue weighted by Crippen LogP contribution is -2.29. The van der Waals surface area contributed by atoms with Crippen molar-refractivity contribution in [2.24, 2.45) is 0 Å². The van der Waals surface area contributed by atoms with Crippen molar-refractivity contribution in [1.82, 2.24) is 19.1 Å². The van der Waals surface area contributed by atoms with Crippen LogP contribution in [0.25, 0.3) is 56.0 Å². The lowest BCUT2D eigenvalue weighted by atomic mass is 9.97. The summed E-state index contributed by atoms with van der Waals surface area (Å²) in [6, 6.07) is 36.7. The number of aromatic nitrogens is 4. The number of benzene rings is 6. The summed E-state index contributed by atoms with van der Waals surface area (Å²) in [5, 5.41) is 0. The van der Waals surface area contributed by atoms with E-state index in [9.17, 15) is 9.59 Å². The smallest absolute Gasteiger partial charge is 0.420 e. The van der Waals surface area contributed by atoms with Crippen LogP contribution in [0.1, 0.15) is 112 Å². The molecule has 0 aliphatic heterocycles. The molecule has 0 N–H and O–H groups in total. The Balaban J connectivity index is 1.15. The van der Waals surface area contributed by atoms with Gasteiger partial charge >= 0.3 is 12.2 Å². The topological polar surface area (TPSA) is 125 Å². The molecule has 8 rings (SSSR count). The fraction of sp³-hybridized carbons (Fsp3) is 0.375. The second kappa shape index (κ2) is 23.7. The second-order valence-electron chi connectivity index (χ2n) is 21.9. The van der Waals surface area contributed by atoms with Gasteiger partial charge in [0.05, 0.1) is 48.5 Å². The van der Waals surface area contributed by atoms with Crippen LogP contribution in [0.2, 0.25) is 0 Å². The molecule has 8 aromatic rings. The van der Waals surface area contributed by atoms with Crippen molar-refractivity contribution in [3.8, 4) is 45.4 Å². The summed E-state index contributed by atoms with van der Waals surface area (Å²) in [4.78, 5) is 40.1. The summed E-state index contributed by atoms with van der Waals surface area (Å²) in [6.07, 6.45) is 2.13. The first-order valence-corrected chi connectivity index (χ1v) is 26.5. The lowest BCUT2D eigenvalue weighted by Gasteiger charge is -2.21. The first-order valence-electron chi connectivity index (χ1n) is 26.5. The molecule has 0 fully saturated rings. The van der Waals surface area contributed by atoms with Crippen molar-refractivity contribution in [2.75, 3.05) is 26.4 Å². The molecule has 76 heavy (non-hydrogen) atoms. The number of rotatable bonds is 19. The SMILES string of the molecule is Cc1cc(-c2cc(C)c(OCCCCOCc3ccccc3)c(C)c2)c2nc(-c3nc4c(-c5cc(C)c(OCCCCOCc6ccccc6)c(C)c5)cc(C)cc4n3C(=O)OC(C)(C)C)n(C(=O)OC(C)(C)C)c2c1. The van der Waals surface area contributed by atoms with Crippen LogP contribution in [0.15, 0.2) is 109 Å². The van der Waals surface area contributed by atoms with E-state index in [2.05, 4.69) is 60.7 Å². The van der Waals surface area contributed by atoms with Gasteiger partial charge in [-0.2, -0.15) is 0 Å². The van der Waals surface area contributed by atoms with Crippen molar-refractivity contribution >= 4 is 34.3 Å². The Hall–Kier alpha value is -7.28. The normalized spacial score (nSPS) is 11.9. The van der Waals surface area contributed by atoms with E-state index < -0.39 is 23.4 Å². The highest BCUT2D eigenvalue weighted by atomic mass is 16.6. The molecule has 0 bridgehead atoms. The average molecular weight is 1030 g/mol. The highest BCUT2D eigenvalue weighted by Crippen LogP contribution is 2.41. The molecule has 12 heteroatoms. The Morgan fingerprint density at radius 3 is 1.14 bits per heavy atom. The van der Waals surface area contributed by atoms with Crippen LogP contribution in [-0.2, 0) is 32.2 Å². The molecule has 398 valence electrons. The van der Waals surface area contributed by atoms with E-state index in [0.717, 1.165) is 104 Å². The van der Waals surface area contributed by atoms with E-state index in [4.69, 9.17) is 38.4 Å². The summed E-state index contributed by atoms with van der Waals surface area (Å²) in [5.41, 5.74) is 11.7. The van der Waals surface area contributed by atoms with E-state index >= 15 is 0 Å². The second-order valence-corrected chi connectivity index (χ2v) is 21.9. The Labute approximate surface area is 448 Å². The zero-order valence-corrected chi connectivity index (χ0v) is 46.5. The monoisotopic (exact) mass is 1030 g/mol. The van der Waals surface area contributed by atoms with Gasteiger partial charge in [0.25, 0.3) is 0 Å². The van der Waals surface area contributed by atoms with Crippen molar-refractivity contribution in [2.45, 2.75) is 133 Å². The van der Waals surface area contributed by atoms with Gasteiger partial charge in [-0.15, -0.1) is 0 Å². The molecule has 0 amide bonds. The number of aryl methyl sites for hydroxylation is 6. The van der Waals surface area contributed by atoms with Crippen molar-refractivity contribution < 1.29 is 38.0 Å². The summed E-state index contributed by atoms with van der Waals surface area (Å²) in [6.45, 7) is 26.7. The van der Waals surface area contributed by atoms with Crippen LogP contribution in [0.3, 0.4) is 0 Å². The van der Waals surface area contributed by atoms with Gasteiger partial charge < -0.3 is 28.4 Å². The lowest BCUT2D eigenvalue weighted by molar-refractivity contribution is 0.0526. The third-order valence-corrected chi connectivity index (χ3v) is 12.8. The molecule has 0 unspecified atom stereocenters. The summed E-state index contributed by atoms with van der Waals surface area (Å²) < 4.78 is 39.8. The molecule has 0 spiro atoms. The third kappa shape index (κ3) is 13.4. The standard InChI is InChI=1S/C64H74N4O8/c1-41-31-51(49-35-43(3)57(44(4)36-49)73-29-21-19-27-71-39-47-23-15-13-16-24-47)55-53(33-41)67(61(69)75-63(7,8)9)59(65-55)60-66-56-52(32-42(2)34-54(56)68(60)62(70)76-64(10,11)12)50-37-45(5)58(46(6)38-50)74-30-22-20-28-72-40-48-25-17-14-18-26-48/h13-18,23-26,31-38H,19-22,27-30,39-40H2,1-12H3. The minimum atomic E-state index is -0.866. The van der Waals surface area contributed by atoms with Crippen LogP contribution >= 0.6 is 0 Å². The maximum absolute atomic E-state index is 14.8. The Morgan fingerprint density at radius 2 is 0.803 bits per heavy atom. The minimum Gasteiger partial charge on any atom is -0.493 e. The zero-order valence-electron chi connectivity index (χ0n) is 46.5. The maximum atomic E-state index is 14.8. The number of fused-ring (bicyclic) bond motifs is 2. The number of imidazole rings is 2. The molecule has 0 aliphatic carbocycles. The fourth-order valence-corrected chi connectivity index (χ4v) is 9.52. The number of unbranched alkanes of at least 4 members (excludes halogenated alkanes) is 2. The molecular formula is C64H74N4O8. The van der Waals surface area contributed by atoms with Gasteiger partial charge in [-0.3, -0.25) is 0 Å². The molecule has 12 nitrogen and oxygen atoms in total. The number of carbonyl (C=O) groups excluding carboxylic acids is 2. The van der Waals surface area contributed by atoms with Crippen LogP contribution < -0.4 is 9.47 Å². The number of carbonyl (C=O) groups is 2. The molecule has 0 atom stereocenters. The van der Waals surface area contributed by atoms with Gasteiger partial charge in [0.15, 0.2) is 11.6 Å². The summed E-state index contributed by atoms with van der Waals surface area (Å²) in [7, 11) is 0. The predicted octanol–water partition coefficient (Wildman–Crippen LogP) is 15.6. The van der Waals surface area contributed by atoms with Gasteiger partial charge in [-0.25, -0.2) is 28.7 Å². The minimum absolute atomic E-state index is 0.129. The number of ether oxygens (including phenoxy) is 6. The number of hydrogen-bond acceptors (Lipinski definition) is 10. The largest absolute Gasteiger partial charge is 0.493 e. The zero-order chi connectivity index (χ0) is 54.3. The molecule has 0 aliphatic rings. The van der Waals surface area contributed by atoms with Crippen LogP contribution in [0.4, 0.5) is 9.59 Å². The van der Waals surface area contributed by atoms with Gasteiger partial charge in [0, 0.05) is 24.3 Å². The fourth-order valence-electron chi connectivity index (χ4n) is 9.52. The first-order chi connectivity index (χ1) is 36.2. The summed E-state index contributed by atoms with van der Waals surface area (Å²) in [5.74, 6) is 1.92. The molecule has 2 aromatic heterocycles. The van der Waals surface area contributed by atoms with Gasteiger partial charge in [0.2, 0.25) is 0 Å². The molecule has 6 aromatic carbocycles. The Morgan fingerprint density at radius 1 is 0.461 bits per heavy atom. The predicted molar refractivity (Wildman–Crippen MR) is 303 cm³/mol. The molecule has 0 saturated heterocycles. The first kappa shape index (κ1) is 55.0. The highest BCUT2D eigenvalue weighted by molar-refractivity contribution is 6.03. The molecule has 2 heterocycles. The molecular weight excluding hydrogens is 953 g/mol. The van der Waals surface area contributed by atoms with Crippen molar-refractivity contribution in [1.29, 1.82) is 0 Å². The quantitative estimate of drug-likeness (QED) is 0.0723. The van der Waals surface area contributed by atoms with Crippen molar-refractivity contribution in [3.05, 3.63) is 154 Å². The van der Waals surface area contributed by atoms with Gasteiger partial charge in [-0.1, -0.05) is 60.7 Å². The Bertz CT molecular complexity index is 3070. The highest BCUT2D eigenvalue weighted by Gasteiger charge is 2.33. The molecule has 0 saturated carbocycles. The maximum Gasteiger partial charge on any atom is 0.420 e. The van der Waals surface area contributed by atoms with Gasteiger partial charge in [0.1, 0.15) is 22.7 Å². The molecule has 0 radical (unpaired) electrons. The number of nitrogens with zero attached hydrogens (tertiary/aromatic N) is 4. The summed E-state index contributed by atoms with van der Waals surface area (Å²) >= 11 is 0. The van der Waals surface area contributed by atoms with Crippen LogP contribution in [0.5, 0.6) is 11.5 Å².